The quantitative estimate of drug-likeness (QED) is 0.466. The minimum absolute atomic E-state index is 0.302. The molecule has 0 bridgehead atoms. The van der Waals surface area contributed by atoms with Crippen LogP contribution in [0.25, 0.3) is 0 Å². The lowest BCUT2D eigenvalue weighted by Crippen LogP contribution is -2.00. The molecule has 1 unspecified atom stereocenters. The van der Waals surface area contributed by atoms with E-state index in [-0.39, 0.29) is 8.15 Å². The molecule has 4 heteroatoms. The van der Waals surface area contributed by atoms with Crippen LogP contribution in [0.3, 0.4) is 0 Å². The van der Waals surface area contributed by atoms with Crippen molar-refractivity contribution >= 4 is 14.4 Å². The van der Waals surface area contributed by atoms with Crippen molar-refractivity contribution in [1.82, 2.24) is 0 Å². The van der Waals surface area contributed by atoms with Crippen molar-refractivity contribution in [3.8, 4) is 0 Å². The van der Waals surface area contributed by atoms with Crippen LogP contribution in [0.4, 0.5) is 0 Å². The van der Waals surface area contributed by atoms with E-state index in [1.54, 1.807) is 0 Å². The van der Waals surface area contributed by atoms with Gasteiger partial charge in [-0.15, -0.1) is 0 Å². The van der Waals surface area contributed by atoms with Crippen molar-refractivity contribution in [1.29, 1.82) is 0 Å². The standard InChI is InChI=1S/C12H21N2OP/c1-12(2)9-16(12)15-11(7-13)8-14-10-5-3-4-6-10/h7-8,10H,3-6,9,13H2,1-2H3. The van der Waals surface area contributed by atoms with Gasteiger partial charge in [0.1, 0.15) is 0 Å². The van der Waals surface area contributed by atoms with Crippen LogP contribution in [0.5, 0.6) is 0 Å². The molecule has 0 spiro atoms. The van der Waals surface area contributed by atoms with Gasteiger partial charge >= 0.3 is 0 Å². The van der Waals surface area contributed by atoms with Gasteiger partial charge in [0.15, 0.2) is 5.76 Å². The third kappa shape index (κ3) is 2.98. The van der Waals surface area contributed by atoms with Crippen LogP contribution in [-0.4, -0.2) is 23.6 Å². The molecule has 2 fully saturated rings. The molecule has 1 aliphatic carbocycles. The summed E-state index contributed by atoms with van der Waals surface area (Å²) in [5, 5.41) is 0.380. The van der Waals surface area contributed by atoms with Crippen LogP contribution in [0, 0.1) is 0 Å². The molecule has 0 aromatic rings. The van der Waals surface area contributed by atoms with Crippen molar-refractivity contribution < 1.29 is 4.52 Å². The van der Waals surface area contributed by atoms with Crippen LogP contribution in [0.2, 0.25) is 0 Å². The maximum atomic E-state index is 5.84. The number of aliphatic imine (C=N–C) groups is 1. The zero-order valence-corrected chi connectivity index (χ0v) is 11.0. The van der Waals surface area contributed by atoms with Crippen LogP contribution in [-0.2, 0) is 4.52 Å². The third-order valence-electron chi connectivity index (χ3n) is 3.22. The van der Waals surface area contributed by atoms with E-state index in [1.165, 1.54) is 38.0 Å². The molecule has 2 N–H and O–H groups in total. The minimum Gasteiger partial charge on any atom is -0.470 e. The summed E-state index contributed by atoms with van der Waals surface area (Å²) in [7, 11) is -0.302. The first kappa shape index (κ1) is 11.9. The summed E-state index contributed by atoms with van der Waals surface area (Å²) >= 11 is 0. The summed E-state index contributed by atoms with van der Waals surface area (Å²) in [4.78, 5) is 4.54. The lowest BCUT2D eigenvalue weighted by atomic mass is 10.3. The molecule has 0 amide bonds. The van der Waals surface area contributed by atoms with Gasteiger partial charge in [-0.05, 0) is 12.8 Å². The Morgan fingerprint density at radius 1 is 1.44 bits per heavy atom. The Bertz CT molecular complexity index is 306. The second-order valence-electron chi connectivity index (χ2n) is 5.23. The Hall–Kier alpha value is -0.560. The van der Waals surface area contributed by atoms with E-state index in [9.17, 15) is 0 Å². The molecule has 1 atom stereocenters. The van der Waals surface area contributed by atoms with E-state index in [0.29, 0.717) is 11.2 Å². The number of rotatable bonds is 4. The largest absolute Gasteiger partial charge is 0.470 e. The highest BCUT2D eigenvalue weighted by atomic mass is 31.2. The first-order valence-corrected chi connectivity index (χ1v) is 7.47. The Kier molecular flexibility index (Phi) is 3.53. The Morgan fingerprint density at radius 3 is 2.56 bits per heavy atom. The molecule has 1 saturated heterocycles. The highest BCUT2D eigenvalue weighted by Crippen LogP contribution is 2.69. The highest BCUT2D eigenvalue weighted by molar-refractivity contribution is 7.62. The molecule has 1 saturated carbocycles. The lowest BCUT2D eigenvalue weighted by molar-refractivity contribution is 0.512. The fourth-order valence-corrected chi connectivity index (χ4v) is 3.41. The molecule has 0 aromatic heterocycles. The maximum Gasteiger partial charge on any atom is 0.156 e. The lowest BCUT2D eigenvalue weighted by Gasteiger charge is -2.08. The molecule has 2 aliphatic rings. The van der Waals surface area contributed by atoms with E-state index < -0.39 is 0 Å². The zero-order chi connectivity index (χ0) is 11.6. The molecule has 90 valence electrons. The number of hydrogen-bond donors (Lipinski definition) is 1. The average Bonchev–Trinajstić information content (AvgIpc) is 2.71. The number of hydrogen-bond acceptors (Lipinski definition) is 3. The molecule has 2 rings (SSSR count). The summed E-state index contributed by atoms with van der Waals surface area (Å²) in [5.41, 5.74) is 5.55. The van der Waals surface area contributed by atoms with Crippen molar-refractivity contribution in [2.75, 3.05) is 6.16 Å². The number of nitrogens with two attached hydrogens (primary N) is 1. The van der Waals surface area contributed by atoms with Crippen LogP contribution in [0.1, 0.15) is 39.5 Å². The maximum absolute atomic E-state index is 5.84. The third-order valence-corrected chi connectivity index (χ3v) is 5.86. The highest BCUT2D eigenvalue weighted by Gasteiger charge is 2.49. The molecule has 1 aliphatic heterocycles. The van der Waals surface area contributed by atoms with Crippen molar-refractivity contribution in [2.24, 2.45) is 10.7 Å². The molecular weight excluding hydrogens is 219 g/mol. The first-order chi connectivity index (χ1) is 7.62. The predicted molar refractivity (Wildman–Crippen MR) is 70.0 cm³/mol. The van der Waals surface area contributed by atoms with Gasteiger partial charge < -0.3 is 10.3 Å². The second kappa shape index (κ2) is 4.75. The van der Waals surface area contributed by atoms with E-state index in [0.717, 1.165) is 5.76 Å². The minimum atomic E-state index is -0.302. The van der Waals surface area contributed by atoms with Crippen LogP contribution >= 0.6 is 8.15 Å². The zero-order valence-electron chi connectivity index (χ0n) is 10.1. The van der Waals surface area contributed by atoms with Gasteiger partial charge in [-0.25, -0.2) is 0 Å². The smallest absolute Gasteiger partial charge is 0.156 e. The van der Waals surface area contributed by atoms with Crippen molar-refractivity contribution in [3.05, 3.63) is 12.0 Å². The Labute approximate surface area is 99.0 Å². The van der Waals surface area contributed by atoms with Gasteiger partial charge in [-0.1, -0.05) is 26.7 Å². The van der Waals surface area contributed by atoms with Gasteiger partial charge in [0.25, 0.3) is 0 Å². The van der Waals surface area contributed by atoms with E-state index >= 15 is 0 Å². The van der Waals surface area contributed by atoms with Gasteiger partial charge in [0.05, 0.1) is 20.4 Å². The van der Waals surface area contributed by atoms with Crippen LogP contribution < -0.4 is 5.73 Å². The summed E-state index contributed by atoms with van der Waals surface area (Å²) in [6, 6.07) is 0.499. The van der Waals surface area contributed by atoms with E-state index in [2.05, 4.69) is 18.8 Å². The van der Waals surface area contributed by atoms with Gasteiger partial charge in [0.2, 0.25) is 0 Å². The normalized spacial score (nSPS) is 29.9. The van der Waals surface area contributed by atoms with Gasteiger partial charge in [-0.2, -0.15) is 0 Å². The number of nitrogens with zero attached hydrogens (tertiary/aromatic N) is 1. The van der Waals surface area contributed by atoms with E-state index in [4.69, 9.17) is 10.3 Å². The Morgan fingerprint density at radius 2 is 2.06 bits per heavy atom. The molecule has 0 radical (unpaired) electrons. The topological polar surface area (TPSA) is 47.6 Å². The summed E-state index contributed by atoms with van der Waals surface area (Å²) < 4.78 is 5.84. The molecule has 16 heavy (non-hydrogen) atoms. The molecule has 0 aromatic carbocycles. The van der Waals surface area contributed by atoms with Gasteiger partial charge in [0, 0.05) is 17.5 Å². The summed E-state index contributed by atoms with van der Waals surface area (Å²) in [6.07, 6.45) is 9.59. The van der Waals surface area contributed by atoms with E-state index in [1.807, 2.05) is 6.21 Å². The molecule has 3 nitrogen and oxygen atoms in total. The first-order valence-electron chi connectivity index (χ1n) is 6.02. The monoisotopic (exact) mass is 240 g/mol. The summed E-state index contributed by atoms with van der Waals surface area (Å²) in [6.45, 7) is 4.47. The Balaban J connectivity index is 1.82. The fraction of sp³-hybridized carbons (Fsp3) is 0.750. The van der Waals surface area contributed by atoms with Gasteiger partial charge in [-0.3, -0.25) is 4.99 Å². The SMILES string of the molecule is CC1(C)CP1OC(C=NC1CCCC1)=CN. The second-order valence-corrected chi connectivity index (χ2v) is 7.69. The summed E-state index contributed by atoms with van der Waals surface area (Å²) in [5.74, 6) is 0.753. The number of allylic oxidation sites excluding steroid dienone is 1. The average molecular weight is 240 g/mol. The van der Waals surface area contributed by atoms with Crippen molar-refractivity contribution in [3.63, 3.8) is 0 Å². The molecular formula is C12H21N2OP. The fourth-order valence-electron chi connectivity index (χ4n) is 1.93. The predicted octanol–water partition coefficient (Wildman–Crippen LogP) is 3.01. The molecule has 1 heterocycles. The van der Waals surface area contributed by atoms with Crippen molar-refractivity contribution in [2.45, 2.75) is 50.7 Å². The van der Waals surface area contributed by atoms with Crippen LogP contribution in [0.15, 0.2) is 17.0 Å².